The molecule has 1 aliphatic carbocycles. The van der Waals surface area contributed by atoms with E-state index in [1.54, 1.807) is 9.80 Å². The zero-order valence-corrected chi connectivity index (χ0v) is 21.8. The van der Waals surface area contributed by atoms with Gasteiger partial charge in [0, 0.05) is 32.2 Å². The summed E-state index contributed by atoms with van der Waals surface area (Å²) in [5, 5.41) is 19.9. The summed E-state index contributed by atoms with van der Waals surface area (Å²) in [6.07, 6.45) is 3.54. The quantitative estimate of drug-likeness (QED) is 0.189. The number of hydrogen-bond acceptors (Lipinski definition) is 6. The Labute approximate surface area is 217 Å². The maximum absolute atomic E-state index is 13.5. The highest BCUT2D eigenvalue weighted by Crippen LogP contribution is 2.28. The van der Waals surface area contributed by atoms with Gasteiger partial charge in [0.1, 0.15) is 6.04 Å². The molecule has 0 unspecified atom stereocenters. The van der Waals surface area contributed by atoms with Gasteiger partial charge in [-0.1, -0.05) is 19.1 Å². The lowest BCUT2D eigenvalue weighted by Crippen LogP contribution is -2.52. The first-order valence-electron chi connectivity index (χ1n) is 12.5. The minimum absolute atomic E-state index is 0.00798. The molecule has 2 aliphatic rings. The van der Waals surface area contributed by atoms with E-state index < -0.39 is 50.7 Å². The van der Waals surface area contributed by atoms with Crippen molar-refractivity contribution in [1.29, 1.82) is 5.41 Å². The fourth-order valence-corrected chi connectivity index (χ4v) is 5.96. The average Bonchev–Trinajstić information content (AvgIpc) is 3.70. The summed E-state index contributed by atoms with van der Waals surface area (Å²) in [7, 11) is -4.43. The molecule has 1 heterocycles. The van der Waals surface area contributed by atoms with Crippen LogP contribution in [0.15, 0.2) is 29.2 Å². The van der Waals surface area contributed by atoms with E-state index in [4.69, 9.17) is 11.1 Å². The summed E-state index contributed by atoms with van der Waals surface area (Å²) < 4.78 is 28.7. The molecule has 12 nitrogen and oxygen atoms in total. The Morgan fingerprint density at radius 1 is 1.24 bits per heavy atom. The van der Waals surface area contributed by atoms with Crippen LogP contribution in [0, 0.1) is 11.3 Å². The zero-order valence-electron chi connectivity index (χ0n) is 21.0. The minimum Gasteiger partial charge on any atom is -0.478 e. The molecule has 2 fully saturated rings. The van der Waals surface area contributed by atoms with Gasteiger partial charge in [-0.05, 0) is 50.2 Å². The Kier molecular flexibility index (Phi) is 9.49. The number of sulfonamides is 1. The van der Waals surface area contributed by atoms with E-state index >= 15 is 0 Å². The lowest BCUT2D eigenvalue weighted by atomic mass is 9.98. The second-order valence-corrected chi connectivity index (χ2v) is 11.3. The molecule has 1 aromatic rings. The Bertz CT molecular complexity index is 1120. The van der Waals surface area contributed by atoms with Crippen molar-refractivity contribution < 1.29 is 27.9 Å². The fraction of sp³-hybridized carbons (Fsp3) is 0.583. The van der Waals surface area contributed by atoms with Crippen LogP contribution in [0.4, 0.5) is 0 Å². The van der Waals surface area contributed by atoms with Crippen molar-refractivity contribution in [2.75, 3.05) is 26.2 Å². The normalized spacial score (nSPS) is 18.6. The molecule has 1 aliphatic heterocycles. The van der Waals surface area contributed by atoms with Crippen molar-refractivity contribution in [3.63, 3.8) is 0 Å². The predicted molar refractivity (Wildman–Crippen MR) is 136 cm³/mol. The van der Waals surface area contributed by atoms with E-state index in [1.807, 2.05) is 6.92 Å². The van der Waals surface area contributed by atoms with Crippen LogP contribution in [-0.4, -0.2) is 85.3 Å². The third-order valence-corrected chi connectivity index (χ3v) is 8.10. The number of likely N-dealkylation sites (tertiary alicyclic amines) is 1. The zero-order chi connectivity index (χ0) is 27.2. The first-order valence-corrected chi connectivity index (χ1v) is 14.0. The van der Waals surface area contributed by atoms with E-state index in [1.165, 1.54) is 18.2 Å². The number of nitrogens with two attached hydrogens (primary N) is 1. The second kappa shape index (κ2) is 12.4. The van der Waals surface area contributed by atoms with Gasteiger partial charge in [0.2, 0.25) is 21.8 Å². The summed E-state index contributed by atoms with van der Waals surface area (Å²) >= 11 is 0. The molecule has 1 saturated heterocycles. The number of nitrogens with zero attached hydrogens (tertiary/aromatic N) is 2. The van der Waals surface area contributed by atoms with Crippen LogP contribution in [0.2, 0.25) is 0 Å². The second-order valence-electron chi connectivity index (χ2n) is 9.59. The van der Waals surface area contributed by atoms with Crippen LogP contribution in [0.1, 0.15) is 55.8 Å². The highest BCUT2D eigenvalue weighted by molar-refractivity contribution is 7.89. The molecule has 2 atom stereocenters. The van der Waals surface area contributed by atoms with Crippen LogP contribution < -0.4 is 15.8 Å². The van der Waals surface area contributed by atoms with Gasteiger partial charge in [-0.25, -0.2) is 13.2 Å². The number of carbonyl (C=O) groups is 3. The van der Waals surface area contributed by atoms with Gasteiger partial charge in [0.25, 0.3) is 0 Å². The molecule has 2 amide bonds. The van der Waals surface area contributed by atoms with Crippen molar-refractivity contribution in [3.8, 4) is 0 Å². The third-order valence-electron chi connectivity index (χ3n) is 6.57. The van der Waals surface area contributed by atoms with Crippen molar-refractivity contribution in [2.45, 2.75) is 62.4 Å². The number of hydrogen-bond donors (Lipinski definition) is 5. The summed E-state index contributed by atoms with van der Waals surface area (Å²) in [5.74, 6) is -2.37. The molecule has 3 rings (SSSR count). The number of carbonyl (C=O) groups excluding carboxylic acids is 2. The van der Waals surface area contributed by atoms with Crippen LogP contribution in [0.25, 0.3) is 0 Å². The van der Waals surface area contributed by atoms with Crippen molar-refractivity contribution >= 4 is 33.8 Å². The summed E-state index contributed by atoms with van der Waals surface area (Å²) in [6.45, 7) is 3.86. The lowest BCUT2D eigenvalue weighted by Gasteiger charge is -2.33. The van der Waals surface area contributed by atoms with E-state index in [0.29, 0.717) is 32.6 Å². The van der Waals surface area contributed by atoms with Gasteiger partial charge in [-0.2, -0.15) is 4.72 Å². The third kappa shape index (κ3) is 7.65. The summed E-state index contributed by atoms with van der Waals surface area (Å²) in [6, 6.07) is 3.75. The predicted octanol–water partition coefficient (Wildman–Crippen LogP) is 0.544. The number of rotatable bonds is 12. The molecule has 37 heavy (non-hydrogen) atoms. The van der Waals surface area contributed by atoms with Crippen molar-refractivity contribution in [2.24, 2.45) is 11.7 Å². The SMILES string of the molecule is CCCN(C(=O)[C@H](CC(=O)NC[C@@H]1CCCN(C(=N)N)C1)NS(=O)(=O)c1ccccc1C(=O)O)C1CC1. The van der Waals surface area contributed by atoms with E-state index in [2.05, 4.69) is 10.0 Å². The Balaban J connectivity index is 1.76. The van der Waals surface area contributed by atoms with Gasteiger partial charge < -0.3 is 26.0 Å². The van der Waals surface area contributed by atoms with E-state index in [-0.39, 0.29) is 17.9 Å². The number of amides is 2. The Morgan fingerprint density at radius 3 is 2.57 bits per heavy atom. The van der Waals surface area contributed by atoms with Crippen molar-refractivity contribution in [3.05, 3.63) is 29.8 Å². The smallest absolute Gasteiger partial charge is 0.337 e. The van der Waals surface area contributed by atoms with Gasteiger partial charge in [0.05, 0.1) is 16.9 Å². The number of guanidine groups is 1. The maximum atomic E-state index is 13.5. The number of aromatic carboxylic acids is 1. The molecule has 204 valence electrons. The highest BCUT2D eigenvalue weighted by Gasteiger charge is 2.38. The molecule has 0 bridgehead atoms. The fourth-order valence-electron chi connectivity index (χ4n) is 4.57. The Hall–Kier alpha value is -3.19. The molecule has 0 aromatic heterocycles. The van der Waals surface area contributed by atoms with Crippen LogP contribution in [-0.2, 0) is 19.6 Å². The number of piperidine rings is 1. The number of carboxylic acids is 1. The number of carboxylic acid groups (broad SMARTS) is 1. The molecule has 0 radical (unpaired) electrons. The van der Waals surface area contributed by atoms with Crippen LogP contribution in [0.5, 0.6) is 0 Å². The first kappa shape index (κ1) is 28.4. The monoisotopic (exact) mass is 536 g/mol. The van der Waals surface area contributed by atoms with Crippen molar-refractivity contribution in [1.82, 2.24) is 19.8 Å². The van der Waals surface area contributed by atoms with Gasteiger partial charge in [-0.15, -0.1) is 0 Å². The highest BCUT2D eigenvalue weighted by atomic mass is 32.2. The number of benzene rings is 1. The Morgan fingerprint density at radius 2 is 1.95 bits per heavy atom. The van der Waals surface area contributed by atoms with Gasteiger partial charge in [-0.3, -0.25) is 15.0 Å². The van der Waals surface area contributed by atoms with Gasteiger partial charge >= 0.3 is 5.97 Å². The molecule has 1 aromatic carbocycles. The summed E-state index contributed by atoms with van der Waals surface area (Å²) in [5.41, 5.74) is 5.16. The first-order chi connectivity index (χ1) is 17.5. The molecule has 0 spiro atoms. The molecule has 13 heteroatoms. The number of nitrogens with one attached hydrogen (secondary N) is 3. The minimum atomic E-state index is -4.43. The standard InChI is InChI=1S/C24H36N6O6S/c1-2-11-30(17-9-10-17)22(32)19(28-37(35,36)20-8-4-3-7-18(20)23(33)34)13-21(31)27-14-16-6-5-12-29(15-16)24(25)26/h3-4,7-8,16-17,19,28H,2,5-6,9-15H2,1H3,(H3,25,26)(H,27,31)(H,33,34)/t16-,19-/m0/s1. The topological polar surface area (TPSA) is 186 Å². The van der Waals surface area contributed by atoms with Gasteiger partial charge in [0.15, 0.2) is 5.96 Å². The molecule has 6 N–H and O–H groups in total. The maximum Gasteiger partial charge on any atom is 0.337 e. The van der Waals surface area contributed by atoms with Crippen LogP contribution in [0.3, 0.4) is 0 Å². The van der Waals surface area contributed by atoms with E-state index in [9.17, 15) is 27.9 Å². The van der Waals surface area contributed by atoms with Crippen LogP contribution >= 0.6 is 0 Å². The molecular formula is C24H36N6O6S. The molecular weight excluding hydrogens is 500 g/mol. The average molecular weight is 537 g/mol. The largest absolute Gasteiger partial charge is 0.478 e. The van der Waals surface area contributed by atoms with E-state index in [0.717, 1.165) is 31.7 Å². The lowest BCUT2D eigenvalue weighted by molar-refractivity contribution is -0.136. The summed E-state index contributed by atoms with van der Waals surface area (Å²) in [4.78, 5) is 40.8. The molecule has 1 saturated carbocycles.